The van der Waals surface area contributed by atoms with Crippen LogP contribution < -0.4 is 0 Å². The number of carbonyl (C=O) groups excluding carboxylic acids is 3. The van der Waals surface area contributed by atoms with Gasteiger partial charge in [-0.3, -0.25) is 14.4 Å². The number of allylic oxidation sites excluding steroid dienone is 4. The molecule has 0 radical (unpaired) electrons. The molecule has 0 unspecified atom stereocenters. The Labute approximate surface area is 148 Å². The molecule has 5 rings (SSSR count). The second-order valence-electron chi connectivity index (χ2n) is 8.16. The zero-order valence-electron chi connectivity index (χ0n) is 14.0. The number of Topliss-reactive ketones (excluding diaryl/α,β-unsaturated/α-hetero) is 1. The monoisotopic (exact) mass is 364 g/mol. The van der Waals surface area contributed by atoms with Crippen molar-refractivity contribution in [2.24, 2.45) is 22.7 Å². The molecule has 2 aliphatic heterocycles. The van der Waals surface area contributed by atoms with Crippen LogP contribution in [0.3, 0.4) is 0 Å². The molecular formula is C18H17ClO6. The Morgan fingerprint density at radius 3 is 2.64 bits per heavy atom. The molecule has 7 atom stereocenters. The summed E-state index contributed by atoms with van der Waals surface area (Å²) in [5, 5.41) is 11.2. The Hall–Kier alpha value is -1.50. The van der Waals surface area contributed by atoms with Gasteiger partial charge in [-0.15, -0.1) is 0 Å². The number of ether oxygens (including phenoxy) is 2. The summed E-state index contributed by atoms with van der Waals surface area (Å²) in [5.41, 5.74) is -2.44. The van der Waals surface area contributed by atoms with Gasteiger partial charge in [-0.05, 0) is 38.0 Å². The Morgan fingerprint density at radius 1 is 1.28 bits per heavy atom. The standard InChI is InChI=1S/C18H17ClO6/c1-6-7-4-8(20)18-5-24-17(3)12(18)15(23)25-14(17)10(21)11(18)16(7,2)13(22)9(6)19/h4,10-12,14,21H,5H2,1-3H3/t10-,11-,12-,14+,16+,17+,18+/m1/s1. The first-order valence-electron chi connectivity index (χ1n) is 8.32. The summed E-state index contributed by atoms with van der Waals surface area (Å²) in [4.78, 5) is 38.8. The van der Waals surface area contributed by atoms with Gasteiger partial charge < -0.3 is 14.6 Å². The fourth-order valence-corrected chi connectivity index (χ4v) is 6.49. The van der Waals surface area contributed by atoms with Crippen LogP contribution in [0.25, 0.3) is 0 Å². The third kappa shape index (κ3) is 1.29. The van der Waals surface area contributed by atoms with E-state index in [2.05, 4.69) is 0 Å². The largest absolute Gasteiger partial charge is 0.456 e. The predicted octanol–water partition coefficient (Wildman–Crippen LogP) is 0.905. The number of carbonyl (C=O) groups is 3. The summed E-state index contributed by atoms with van der Waals surface area (Å²) in [6.07, 6.45) is -0.665. The first kappa shape index (κ1) is 15.7. The van der Waals surface area contributed by atoms with E-state index in [1.165, 1.54) is 6.08 Å². The maximum absolute atomic E-state index is 13.2. The second kappa shape index (κ2) is 4.08. The molecule has 3 aliphatic carbocycles. The van der Waals surface area contributed by atoms with Gasteiger partial charge in [0.05, 0.1) is 28.6 Å². The van der Waals surface area contributed by atoms with E-state index in [9.17, 15) is 19.5 Å². The summed E-state index contributed by atoms with van der Waals surface area (Å²) < 4.78 is 11.3. The molecule has 25 heavy (non-hydrogen) atoms. The fraction of sp³-hybridized carbons (Fsp3) is 0.611. The molecule has 4 bridgehead atoms. The van der Waals surface area contributed by atoms with Crippen LogP contribution in [-0.4, -0.2) is 47.1 Å². The average Bonchev–Trinajstić information content (AvgIpc) is 3.00. The molecule has 6 nitrogen and oxygen atoms in total. The Balaban J connectivity index is 1.83. The first-order chi connectivity index (χ1) is 11.6. The van der Waals surface area contributed by atoms with Gasteiger partial charge in [-0.2, -0.15) is 0 Å². The van der Waals surface area contributed by atoms with Crippen LogP contribution in [-0.2, 0) is 23.9 Å². The summed E-state index contributed by atoms with van der Waals surface area (Å²) in [5.74, 6) is -2.80. The lowest BCUT2D eigenvalue weighted by molar-refractivity contribution is -0.165. The van der Waals surface area contributed by atoms with Crippen molar-refractivity contribution in [3.05, 3.63) is 22.3 Å². The number of esters is 1. The van der Waals surface area contributed by atoms with E-state index in [0.717, 1.165) is 0 Å². The van der Waals surface area contributed by atoms with E-state index >= 15 is 0 Å². The molecule has 132 valence electrons. The van der Waals surface area contributed by atoms with Crippen molar-refractivity contribution in [2.75, 3.05) is 6.61 Å². The molecule has 0 aromatic carbocycles. The van der Waals surface area contributed by atoms with E-state index in [-0.39, 0.29) is 23.2 Å². The SMILES string of the molecule is CC1=C(Cl)C(=O)[C@@]2(C)C1=CC(=O)[C@]13CO[C@@]4(C)[C@H]1C(=O)O[C@H]4[C@H](O)[C@H]23. The molecule has 5 aliphatic rings. The third-order valence-corrected chi connectivity index (χ3v) is 7.74. The highest BCUT2D eigenvalue weighted by Gasteiger charge is 2.83. The van der Waals surface area contributed by atoms with Crippen LogP contribution in [0.4, 0.5) is 0 Å². The van der Waals surface area contributed by atoms with E-state index in [4.69, 9.17) is 21.1 Å². The Kier molecular flexibility index (Phi) is 2.57. The first-order valence-corrected chi connectivity index (χ1v) is 8.70. The molecule has 1 spiro atoms. The lowest BCUT2D eigenvalue weighted by atomic mass is 9.45. The van der Waals surface area contributed by atoms with Crippen LogP contribution in [0.5, 0.6) is 0 Å². The molecule has 0 aromatic heterocycles. The second-order valence-corrected chi connectivity index (χ2v) is 8.54. The van der Waals surface area contributed by atoms with Gasteiger partial charge in [0.15, 0.2) is 17.7 Å². The van der Waals surface area contributed by atoms with Crippen molar-refractivity contribution >= 4 is 29.1 Å². The number of ketones is 2. The maximum atomic E-state index is 13.2. The summed E-state index contributed by atoms with van der Waals surface area (Å²) in [7, 11) is 0. The highest BCUT2D eigenvalue weighted by atomic mass is 35.5. The highest BCUT2D eigenvalue weighted by Crippen LogP contribution is 2.70. The summed E-state index contributed by atoms with van der Waals surface area (Å²) in [6.45, 7) is 5.09. The number of halogens is 1. The summed E-state index contributed by atoms with van der Waals surface area (Å²) in [6, 6.07) is 0. The van der Waals surface area contributed by atoms with Crippen molar-refractivity contribution in [3.8, 4) is 0 Å². The minimum Gasteiger partial charge on any atom is -0.456 e. The van der Waals surface area contributed by atoms with Gasteiger partial charge in [0.2, 0.25) is 0 Å². The van der Waals surface area contributed by atoms with Crippen LogP contribution in [0.2, 0.25) is 0 Å². The lowest BCUT2D eigenvalue weighted by Crippen LogP contribution is -2.67. The number of hydrogen-bond acceptors (Lipinski definition) is 6. The number of rotatable bonds is 0. The Morgan fingerprint density at radius 2 is 1.96 bits per heavy atom. The molecule has 0 amide bonds. The number of hydrogen-bond donors (Lipinski definition) is 1. The van der Waals surface area contributed by atoms with Crippen LogP contribution in [0, 0.1) is 22.7 Å². The van der Waals surface area contributed by atoms with Gasteiger partial charge >= 0.3 is 5.97 Å². The van der Waals surface area contributed by atoms with Gasteiger partial charge in [-0.25, -0.2) is 0 Å². The normalized spacial score (nSPS) is 53.0. The van der Waals surface area contributed by atoms with Gasteiger partial charge in [0.1, 0.15) is 11.5 Å². The molecule has 3 fully saturated rings. The molecule has 1 N–H and O–H groups in total. The minimum absolute atomic E-state index is 0.0103. The molecule has 2 saturated heterocycles. The Bertz CT molecular complexity index is 858. The average molecular weight is 365 g/mol. The van der Waals surface area contributed by atoms with Crippen LogP contribution in [0.15, 0.2) is 22.3 Å². The number of fused-ring (bicyclic) bond motifs is 2. The predicted molar refractivity (Wildman–Crippen MR) is 84.4 cm³/mol. The third-order valence-electron chi connectivity index (χ3n) is 7.28. The van der Waals surface area contributed by atoms with Crippen molar-refractivity contribution < 1.29 is 29.0 Å². The zero-order chi connectivity index (χ0) is 18.1. The fourth-order valence-electron chi connectivity index (χ4n) is 6.20. The minimum atomic E-state index is -1.30. The topological polar surface area (TPSA) is 89.9 Å². The van der Waals surface area contributed by atoms with Crippen molar-refractivity contribution in [3.63, 3.8) is 0 Å². The van der Waals surface area contributed by atoms with E-state index in [1.54, 1.807) is 20.8 Å². The number of aliphatic hydroxyl groups excluding tert-OH is 1. The maximum Gasteiger partial charge on any atom is 0.313 e. The molecule has 2 heterocycles. The molecule has 1 saturated carbocycles. The van der Waals surface area contributed by atoms with Crippen molar-refractivity contribution in [2.45, 2.75) is 38.6 Å². The van der Waals surface area contributed by atoms with Gasteiger partial charge in [0, 0.05) is 5.92 Å². The van der Waals surface area contributed by atoms with Crippen molar-refractivity contribution in [1.29, 1.82) is 0 Å². The van der Waals surface area contributed by atoms with E-state index in [0.29, 0.717) is 11.1 Å². The van der Waals surface area contributed by atoms with E-state index in [1.807, 2.05) is 0 Å². The van der Waals surface area contributed by atoms with Crippen molar-refractivity contribution in [1.82, 2.24) is 0 Å². The highest BCUT2D eigenvalue weighted by molar-refractivity contribution is 6.45. The lowest BCUT2D eigenvalue weighted by Gasteiger charge is -2.53. The smallest absolute Gasteiger partial charge is 0.313 e. The molecule has 0 aromatic rings. The molecule has 7 heteroatoms. The van der Waals surface area contributed by atoms with Crippen LogP contribution in [0.1, 0.15) is 20.8 Å². The van der Waals surface area contributed by atoms with Gasteiger partial charge in [-0.1, -0.05) is 11.6 Å². The quantitative estimate of drug-likeness (QED) is 0.642. The number of aliphatic hydroxyl groups is 1. The van der Waals surface area contributed by atoms with Crippen LogP contribution >= 0.6 is 11.6 Å². The zero-order valence-corrected chi connectivity index (χ0v) is 14.7. The molecular weight excluding hydrogens is 348 g/mol. The van der Waals surface area contributed by atoms with Gasteiger partial charge in [0.25, 0.3) is 0 Å². The summed E-state index contributed by atoms with van der Waals surface area (Å²) >= 11 is 6.21. The van der Waals surface area contributed by atoms with E-state index < -0.39 is 46.4 Å².